The molecule has 90 valence electrons. The Hall–Kier alpha value is -1.46. The maximum atomic E-state index is 9.62. The summed E-state index contributed by atoms with van der Waals surface area (Å²) < 4.78 is 5.06. The third kappa shape index (κ3) is 3.29. The molecule has 0 aromatic heterocycles. The topological polar surface area (TPSA) is 87.7 Å². The monoisotopic (exact) mass is 226 g/mol. The number of ether oxygens (including phenoxy) is 1. The van der Waals surface area contributed by atoms with Gasteiger partial charge in [0.2, 0.25) is 0 Å². The summed E-state index contributed by atoms with van der Waals surface area (Å²) in [5.74, 6) is 0.681. The van der Waals surface area contributed by atoms with Crippen LogP contribution >= 0.6 is 0 Å². The molecule has 0 saturated heterocycles. The number of aliphatic hydroxyl groups excluding tert-OH is 1. The molecule has 0 spiro atoms. The molecule has 5 nitrogen and oxygen atoms in total. The average molecular weight is 226 g/mol. The summed E-state index contributed by atoms with van der Waals surface area (Å²) in [7, 11) is 1.57. The maximum Gasteiger partial charge on any atom is 0.121 e. The lowest BCUT2D eigenvalue weighted by Crippen LogP contribution is -2.37. The van der Waals surface area contributed by atoms with E-state index in [4.69, 9.17) is 15.6 Å². The number of nitrogens with two attached hydrogens (primary N) is 1. The van der Waals surface area contributed by atoms with E-state index < -0.39 is 5.60 Å². The van der Waals surface area contributed by atoms with E-state index in [0.717, 1.165) is 0 Å². The summed E-state index contributed by atoms with van der Waals surface area (Å²) in [6.45, 7) is 1.43. The van der Waals surface area contributed by atoms with E-state index in [-0.39, 0.29) is 13.2 Å². The van der Waals surface area contributed by atoms with Crippen molar-refractivity contribution < 1.29 is 14.9 Å². The van der Waals surface area contributed by atoms with Crippen molar-refractivity contribution in [2.45, 2.75) is 12.5 Å². The number of benzene rings is 1. The number of aliphatic hydroxyl groups is 2. The van der Waals surface area contributed by atoms with Crippen LogP contribution in [0, 0.1) is 0 Å². The van der Waals surface area contributed by atoms with Gasteiger partial charge in [-0.1, -0.05) is 0 Å². The number of hydrogen-bond acceptors (Lipinski definition) is 5. The van der Waals surface area contributed by atoms with Crippen LogP contribution in [0.3, 0.4) is 0 Å². The largest absolute Gasteiger partial charge is 0.497 e. The predicted octanol–water partition coefficient (Wildman–Crippen LogP) is 0.433. The van der Waals surface area contributed by atoms with E-state index in [9.17, 15) is 5.11 Å². The molecule has 0 aliphatic heterocycles. The van der Waals surface area contributed by atoms with Gasteiger partial charge in [0, 0.05) is 12.6 Å². The summed E-state index contributed by atoms with van der Waals surface area (Å²) in [4.78, 5) is 0. The van der Waals surface area contributed by atoms with Gasteiger partial charge in [-0.15, -0.1) is 0 Å². The molecular formula is C11H18N2O3. The number of rotatable bonds is 5. The smallest absolute Gasteiger partial charge is 0.121 e. The molecule has 1 atom stereocenters. The van der Waals surface area contributed by atoms with Crippen molar-refractivity contribution in [3.63, 3.8) is 0 Å². The normalized spacial score (nSPS) is 14.2. The minimum Gasteiger partial charge on any atom is -0.497 e. The predicted molar refractivity (Wildman–Crippen MR) is 63.6 cm³/mol. The molecule has 0 amide bonds. The lowest BCUT2D eigenvalue weighted by Gasteiger charge is -2.22. The van der Waals surface area contributed by atoms with Crippen LogP contribution in [0.4, 0.5) is 11.4 Å². The lowest BCUT2D eigenvalue weighted by molar-refractivity contribution is 0.0132. The van der Waals surface area contributed by atoms with E-state index in [0.29, 0.717) is 17.1 Å². The molecule has 0 aliphatic rings. The molecule has 1 aromatic carbocycles. The van der Waals surface area contributed by atoms with E-state index in [2.05, 4.69) is 5.32 Å². The third-order valence-corrected chi connectivity index (χ3v) is 2.26. The first-order valence-corrected chi connectivity index (χ1v) is 4.99. The maximum absolute atomic E-state index is 9.62. The van der Waals surface area contributed by atoms with Crippen LogP contribution < -0.4 is 15.8 Å². The Bertz CT molecular complexity index is 353. The minimum absolute atomic E-state index is 0.209. The Labute approximate surface area is 94.8 Å². The van der Waals surface area contributed by atoms with Crippen molar-refractivity contribution in [3.05, 3.63) is 18.2 Å². The zero-order valence-electron chi connectivity index (χ0n) is 9.53. The summed E-state index contributed by atoms with van der Waals surface area (Å²) in [5.41, 5.74) is 5.82. The summed E-state index contributed by atoms with van der Waals surface area (Å²) >= 11 is 0. The van der Waals surface area contributed by atoms with Gasteiger partial charge in [-0.05, 0) is 19.1 Å². The van der Waals surface area contributed by atoms with Crippen LogP contribution in [0.5, 0.6) is 5.75 Å². The van der Waals surface area contributed by atoms with Gasteiger partial charge in [-0.3, -0.25) is 0 Å². The van der Waals surface area contributed by atoms with Crippen molar-refractivity contribution in [3.8, 4) is 5.75 Å². The zero-order chi connectivity index (χ0) is 12.2. The summed E-state index contributed by atoms with van der Waals surface area (Å²) in [5, 5.41) is 21.5. The lowest BCUT2D eigenvalue weighted by atomic mass is 10.1. The molecular weight excluding hydrogens is 208 g/mol. The standard InChI is InChI=1S/C11H18N2O3/c1-11(15,7-14)6-13-10-5-8(16-2)3-4-9(10)12/h3-5,13-15H,6-7,12H2,1-2H3. The second-order valence-electron chi connectivity index (χ2n) is 3.96. The highest BCUT2D eigenvalue weighted by molar-refractivity contribution is 5.68. The zero-order valence-corrected chi connectivity index (χ0v) is 9.53. The van der Waals surface area contributed by atoms with E-state index in [1.54, 1.807) is 25.3 Å². The minimum atomic E-state index is -1.17. The highest BCUT2D eigenvalue weighted by Gasteiger charge is 2.18. The molecule has 0 aliphatic carbocycles. The molecule has 5 N–H and O–H groups in total. The van der Waals surface area contributed by atoms with Crippen LogP contribution in [0.25, 0.3) is 0 Å². The molecule has 1 rings (SSSR count). The fourth-order valence-corrected chi connectivity index (χ4v) is 1.16. The SMILES string of the molecule is COc1ccc(N)c(NCC(C)(O)CO)c1. The van der Waals surface area contributed by atoms with Gasteiger partial charge in [0.05, 0.1) is 25.1 Å². The van der Waals surface area contributed by atoms with Crippen LogP contribution in [0.1, 0.15) is 6.92 Å². The van der Waals surface area contributed by atoms with Gasteiger partial charge < -0.3 is 26.0 Å². The molecule has 0 radical (unpaired) electrons. The van der Waals surface area contributed by atoms with Gasteiger partial charge in [0.15, 0.2) is 0 Å². The first-order valence-electron chi connectivity index (χ1n) is 4.99. The highest BCUT2D eigenvalue weighted by Crippen LogP contribution is 2.24. The van der Waals surface area contributed by atoms with Crippen LogP contribution in [-0.4, -0.2) is 36.1 Å². The molecule has 5 heteroatoms. The third-order valence-electron chi connectivity index (χ3n) is 2.26. The second-order valence-corrected chi connectivity index (χ2v) is 3.96. The van der Waals surface area contributed by atoms with Crippen molar-refractivity contribution in [2.24, 2.45) is 0 Å². The number of hydrogen-bond donors (Lipinski definition) is 4. The van der Waals surface area contributed by atoms with Gasteiger partial charge in [0.1, 0.15) is 11.4 Å². The Morgan fingerprint density at radius 1 is 1.50 bits per heavy atom. The molecule has 1 aromatic rings. The van der Waals surface area contributed by atoms with Crippen LogP contribution in [0.15, 0.2) is 18.2 Å². The van der Waals surface area contributed by atoms with Gasteiger partial charge >= 0.3 is 0 Å². The molecule has 16 heavy (non-hydrogen) atoms. The van der Waals surface area contributed by atoms with Crippen molar-refractivity contribution >= 4 is 11.4 Å². The summed E-state index contributed by atoms with van der Waals surface area (Å²) in [6.07, 6.45) is 0. The number of nitrogen functional groups attached to an aromatic ring is 1. The molecule has 0 bridgehead atoms. The Kier molecular flexibility index (Phi) is 3.98. The Morgan fingerprint density at radius 3 is 2.75 bits per heavy atom. The number of anilines is 2. The molecule has 0 heterocycles. The van der Waals surface area contributed by atoms with Gasteiger partial charge in [0.25, 0.3) is 0 Å². The molecule has 1 unspecified atom stereocenters. The fourth-order valence-electron chi connectivity index (χ4n) is 1.16. The number of methoxy groups -OCH3 is 1. The molecule has 0 saturated carbocycles. The van der Waals surface area contributed by atoms with Crippen molar-refractivity contribution in [2.75, 3.05) is 31.3 Å². The van der Waals surface area contributed by atoms with Crippen molar-refractivity contribution in [1.82, 2.24) is 0 Å². The van der Waals surface area contributed by atoms with Crippen LogP contribution in [-0.2, 0) is 0 Å². The second kappa shape index (κ2) is 5.05. The number of nitrogens with one attached hydrogen (secondary N) is 1. The van der Waals surface area contributed by atoms with E-state index in [1.165, 1.54) is 6.92 Å². The van der Waals surface area contributed by atoms with Gasteiger partial charge in [-0.25, -0.2) is 0 Å². The van der Waals surface area contributed by atoms with Gasteiger partial charge in [-0.2, -0.15) is 0 Å². The Balaban J connectivity index is 2.73. The summed E-state index contributed by atoms with van der Waals surface area (Å²) in [6, 6.07) is 5.21. The first-order chi connectivity index (χ1) is 7.48. The van der Waals surface area contributed by atoms with E-state index in [1.807, 2.05) is 0 Å². The van der Waals surface area contributed by atoms with E-state index >= 15 is 0 Å². The quantitative estimate of drug-likeness (QED) is 0.547. The van der Waals surface area contributed by atoms with Crippen molar-refractivity contribution in [1.29, 1.82) is 0 Å². The highest BCUT2D eigenvalue weighted by atomic mass is 16.5. The molecule has 0 fully saturated rings. The average Bonchev–Trinajstić information content (AvgIpc) is 2.28. The van der Waals surface area contributed by atoms with Crippen LogP contribution in [0.2, 0.25) is 0 Å². The first kappa shape index (κ1) is 12.6. The Morgan fingerprint density at radius 2 is 2.19 bits per heavy atom. The fraction of sp³-hybridized carbons (Fsp3) is 0.455.